The second kappa shape index (κ2) is 6.80. The number of benzene rings is 1. The molecule has 1 saturated carbocycles. The molecule has 4 heteroatoms. The van der Waals surface area contributed by atoms with E-state index in [1.807, 2.05) is 29.2 Å². The Morgan fingerprint density at radius 1 is 1.24 bits per heavy atom. The second-order valence-corrected chi connectivity index (χ2v) is 6.49. The maximum Gasteiger partial charge on any atom is 0.225 e. The van der Waals surface area contributed by atoms with Crippen LogP contribution < -0.4 is 0 Å². The number of halogens is 1. The molecule has 3 nitrogen and oxygen atoms in total. The van der Waals surface area contributed by atoms with E-state index in [9.17, 15) is 4.79 Å². The molecule has 1 aromatic carbocycles. The van der Waals surface area contributed by atoms with Gasteiger partial charge >= 0.3 is 0 Å². The molecule has 3 rings (SSSR count). The standard InChI is InChI=1S/C17H22ClNO2/c18-16-9-2-1-5-14(16)12-21-15-8-4-10-19(11-15)17(20)13-6-3-7-13/h1-2,5,9,13,15H,3-4,6-8,10-12H2. The van der Waals surface area contributed by atoms with Crippen molar-refractivity contribution in [2.24, 2.45) is 5.92 Å². The lowest BCUT2D eigenvalue weighted by atomic mass is 9.84. The topological polar surface area (TPSA) is 29.5 Å². The number of ether oxygens (including phenoxy) is 1. The Kier molecular flexibility index (Phi) is 4.81. The number of hydrogen-bond donors (Lipinski definition) is 0. The molecular weight excluding hydrogens is 286 g/mol. The van der Waals surface area contributed by atoms with E-state index in [0.29, 0.717) is 12.5 Å². The van der Waals surface area contributed by atoms with Gasteiger partial charge in [-0.1, -0.05) is 36.2 Å². The van der Waals surface area contributed by atoms with Gasteiger partial charge in [0.2, 0.25) is 5.91 Å². The number of rotatable bonds is 4. The fraction of sp³-hybridized carbons (Fsp3) is 0.588. The molecular formula is C17H22ClNO2. The van der Waals surface area contributed by atoms with Crippen LogP contribution in [0, 0.1) is 5.92 Å². The Bertz CT molecular complexity index is 501. The Balaban J connectivity index is 1.51. The van der Waals surface area contributed by atoms with Gasteiger partial charge in [-0.25, -0.2) is 0 Å². The molecule has 114 valence electrons. The average molecular weight is 308 g/mol. The first kappa shape index (κ1) is 14.9. The minimum atomic E-state index is 0.138. The first-order chi connectivity index (χ1) is 10.2. The van der Waals surface area contributed by atoms with Gasteiger partial charge in [0.25, 0.3) is 0 Å². The normalized spacial score (nSPS) is 22.9. The van der Waals surface area contributed by atoms with E-state index >= 15 is 0 Å². The highest BCUT2D eigenvalue weighted by atomic mass is 35.5. The fourth-order valence-electron chi connectivity index (χ4n) is 3.01. The minimum Gasteiger partial charge on any atom is -0.372 e. The molecule has 1 aliphatic heterocycles. The van der Waals surface area contributed by atoms with E-state index in [0.717, 1.165) is 49.4 Å². The number of nitrogens with zero attached hydrogens (tertiary/aromatic N) is 1. The molecule has 2 fully saturated rings. The Morgan fingerprint density at radius 3 is 2.76 bits per heavy atom. The zero-order chi connectivity index (χ0) is 14.7. The van der Waals surface area contributed by atoms with Crippen molar-refractivity contribution >= 4 is 17.5 Å². The smallest absolute Gasteiger partial charge is 0.225 e. The summed E-state index contributed by atoms with van der Waals surface area (Å²) < 4.78 is 5.98. The third kappa shape index (κ3) is 3.58. The van der Waals surface area contributed by atoms with Gasteiger partial charge in [0.15, 0.2) is 0 Å². The molecule has 0 aromatic heterocycles. The van der Waals surface area contributed by atoms with Crippen molar-refractivity contribution in [3.05, 3.63) is 34.9 Å². The van der Waals surface area contributed by atoms with Crippen LogP contribution in [0.4, 0.5) is 0 Å². The summed E-state index contributed by atoms with van der Waals surface area (Å²) in [5, 5.41) is 0.746. The van der Waals surface area contributed by atoms with Gasteiger partial charge < -0.3 is 9.64 Å². The van der Waals surface area contributed by atoms with Crippen LogP contribution >= 0.6 is 11.6 Å². The maximum absolute atomic E-state index is 12.3. The van der Waals surface area contributed by atoms with E-state index in [4.69, 9.17) is 16.3 Å². The molecule has 0 bridgehead atoms. The minimum absolute atomic E-state index is 0.138. The molecule has 1 saturated heterocycles. The van der Waals surface area contributed by atoms with E-state index in [1.54, 1.807) is 0 Å². The van der Waals surface area contributed by atoms with Crippen LogP contribution in [-0.4, -0.2) is 30.0 Å². The monoisotopic (exact) mass is 307 g/mol. The molecule has 1 aromatic rings. The summed E-state index contributed by atoms with van der Waals surface area (Å²) in [4.78, 5) is 14.3. The first-order valence-electron chi connectivity index (χ1n) is 7.88. The summed E-state index contributed by atoms with van der Waals surface area (Å²) in [6, 6.07) is 7.76. The molecule has 0 spiro atoms. The van der Waals surface area contributed by atoms with E-state index in [1.165, 1.54) is 6.42 Å². The van der Waals surface area contributed by atoms with Crippen molar-refractivity contribution in [2.75, 3.05) is 13.1 Å². The highest BCUT2D eigenvalue weighted by molar-refractivity contribution is 6.31. The van der Waals surface area contributed by atoms with Crippen molar-refractivity contribution in [3.8, 4) is 0 Å². The first-order valence-corrected chi connectivity index (χ1v) is 8.25. The summed E-state index contributed by atoms with van der Waals surface area (Å²) in [5.74, 6) is 0.625. The SMILES string of the molecule is O=C(C1CCC1)N1CCCC(OCc2ccccc2Cl)C1. The summed E-state index contributed by atoms with van der Waals surface area (Å²) in [6.07, 6.45) is 5.54. The predicted molar refractivity (Wildman–Crippen MR) is 83.2 cm³/mol. The fourth-order valence-corrected chi connectivity index (χ4v) is 3.20. The van der Waals surface area contributed by atoms with Gasteiger partial charge in [0.1, 0.15) is 0 Å². The lowest BCUT2D eigenvalue weighted by Gasteiger charge is -2.37. The van der Waals surface area contributed by atoms with Crippen LogP contribution in [0.5, 0.6) is 0 Å². The number of carbonyl (C=O) groups is 1. The summed E-state index contributed by atoms with van der Waals surface area (Å²) >= 11 is 6.14. The van der Waals surface area contributed by atoms with Crippen molar-refractivity contribution in [3.63, 3.8) is 0 Å². The van der Waals surface area contributed by atoms with Gasteiger partial charge in [-0.2, -0.15) is 0 Å². The van der Waals surface area contributed by atoms with Crippen LogP contribution in [0.1, 0.15) is 37.7 Å². The number of amides is 1. The van der Waals surface area contributed by atoms with Crippen LogP contribution in [0.25, 0.3) is 0 Å². The number of piperidine rings is 1. The van der Waals surface area contributed by atoms with E-state index in [2.05, 4.69) is 0 Å². The molecule has 21 heavy (non-hydrogen) atoms. The van der Waals surface area contributed by atoms with Crippen LogP contribution in [-0.2, 0) is 16.1 Å². The van der Waals surface area contributed by atoms with Crippen LogP contribution in [0.15, 0.2) is 24.3 Å². The predicted octanol–water partition coefficient (Wildman–Crippen LogP) is 3.65. The summed E-state index contributed by atoms with van der Waals surface area (Å²) in [6.45, 7) is 2.15. The zero-order valence-corrected chi connectivity index (χ0v) is 13.0. The Morgan fingerprint density at radius 2 is 2.05 bits per heavy atom. The molecule has 2 aliphatic rings. The number of likely N-dealkylation sites (tertiary alicyclic amines) is 1. The average Bonchev–Trinajstić information content (AvgIpc) is 2.45. The highest BCUT2D eigenvalue weighted by Crippen LogP contribution is 2.29. The van der Waals surface area contributed by atoms with Gasteiger partial charge in [0.05, 0.1) is 12.7 Å². The van der Waals surface area contributed by atoms with Gasteiger partial charge in [0, 0.05) is 24.0 Å². The third-order valence-corrected chi connectivity index (χ3v) is 4.95. The van der Waals surface area contributed by atoms with Gasteiger partial charge in [-0.3, -0.25) is 4.79 Å². The summed E-state index contributed by atoms with van der Waals surface area (Å²) in [5.41, 5.74) is 1.02. The molecule has 1 atom stereocenters. The quantitative estimate of drug-likeness (QED) is 0.850. The Labute approximate surface area is 131 Å². The van der Waals surface area contributed by atoms with E-state index < -0.39 is 0 Å². The number of carbonyl (C=O) groups excluding carboxylic acids is 1. The van der Waals surface area contributed by atoms with Crippen molar-refractivity contribution in [2.45, 2.75) is 44.8 Å². The molecule has 0 radical (unpaired) electrons. The van der Waals surface area contributed by atoms with Crippen molar-refractivity contribution < 1.29 is 9.53 Å². The number of hydrogen-bond acceptors (Lipinski definition) is 2. The lowest BCUT2D eigenvalue weighted by Crippen LogP contribution is -2.46. The zero-order valence-electron chi connectivity index (χ0n) is 12.3. The molecule has 0 N–H and O–H groups in total. The molecule has 1 aliphatic carbocycles. The van der Waals surface area contributed by atoms with Crippen molar-refractivity contribution in [1.29, 1.82) is 0 Å². The summed E-state index contributed by atoms with van der Waals surface area (Å²) in [7, 11) is 0. The van der Waals surface area contributed by atoms with Gasteiger partial charge in [-0.05, 0) is 37.3 Å². The largest absolute Gasteiger partial charge is 0.372 e. The molecule has 1 heterocycles. The Hall–Kier alpha value is -1.06. The second-order valence-electron chi connectivity index (χ2n) is 6.08. The van der Waals surface area contributed by atoms with E-state index in [-0.39, 0.29) is 12.0 Å². The molecule has 1 unspecified atom stereocenters. The van der Waals surface area contributed by atoms with Crippen LogP contribution in [0.3, 0.4) is 0 Å². The van der Waals surface area contributed by atoms with Crippen molar-refractivity contribution in [1.82, 2.24) is 4.90 Å². The van der Waals surface area contributed by atoms with Crippen LogP contribution in [0.2, 0.25) is 5.02 Å². The third-order valence-electron chi connectivity index (χ3n) is 4.58. The molecule has 1 amide bonds. The highest BCUT2D eigenvalue weighted by Gasteiger charge is 2.32. The lowest BCUT2D eigenvalue weighted by molar-refractivity contribution is -0.142. The maximum atomic E-state index is 12.3. The van der Waals surface area contributed by atoms with Gasteiger partial charge in [-0.15, -0.1) is 0 Å².